The van der Waals surface area contributed by atoms with E-state index in [9.17, 15) is 13.2 Å². The van der Waals surface area contributed by atoms with Gasteiger partial charge in [-0.3, -0.25) is 0 Å². The minimum absolute atomic E-state index is 0.0277. The first kappa shape index (κ1) is 13.7. The van der Waals surface area contributed by atoms with E-state index < -0.39 is 11.6 Å². The second-order valence-electron chi connectivity index (χ2n) is 4.16. The number of nitrogens with one attached hydrogen (secondary N) is 1. The van der Waals surface area contributed by atoms with Gasteiger partial charge in [-0.1, -0.05) is 23.7 Å². The van der Waals surface area contributed by atoms with Crippen LogP contribution in [0.1, 0.15) is 18.5 Å². The summed E-state index contributed by atoms with van der Waals surface area (Å²) in [5.74, 6) is -1.84. The van der Waals surface area contributed by atoms with Crippen LogP contribution in [0.2, 0.25) is 5.02 Å². The molecule has 100 valence electrons. The quantitative estimate of drug-likeness (QED) is 0.843. The number of anilines is 1. The van der Waals surface area contributed by atoms with Crippen LogP contribution < -0.4 is 5.32 Å². The standard InChI is InChI=1S/C14H11ClF3N/c1-8(9-2-4-10(16)5-3-9)19-14-12(15)6-11(17)7-13(14)18/h2-8,19H,1H3. The van der Waals surface area contributed by atoms with E-state index in [0.717, 1.165) is 17.7 Å². The van der Waals surface area contributed by atoms with E-state index in [1.165, 1.54) is 12.1 Å². The highest BCUT2D eigenvalue weighted by atomic mass is 35.5. The molecule has 0 amide bonds. The van der Waals surface area contributed by atoms with Gasteiger partial charge >= 0.3 is 0 Å². The van der Waals surface area contributed by atoms with Crippen LogP contribution in [0.15, 0.2) is 36.4 Å². The van der Waals surface area contributed by atoms with Gasteiger partial charge in [0.25, 0.3) is 0 Å². The van der Waals surface area contributed by atoms with Gasteiger partial charge in [0, 0.05) is 12.1 Å². The fourth-order valence-corrected chi connectivity index (χ4v) is 1.98. The zero-order chi connectivity index (χ0) is 14.0. The highest BCUT2D eigenvalue weighted by Crippen LogP contribution is 2.29. The van der Waals surface area contributed by atoms with Crippen LogP contribution in [0.25, 0.3) is 0 Å². The van der Waals surface area contributed by atoms with Gasteiger partial charge in [0.2, 0.25) is 0 Å². The average Bonchev–Trinajstić information content (AvgIpc) is 2.34. The minimum atomic E-state index is -0.765. The number of halogens is 4. The number of hydrogen-bond acceptors (Lipinski definition) is 1. The van der Waals surface area contributed by atoms with Crippen LogP contribution in [0.5, 0.6) is 0 Å². The molecular formula is C14H11ClF3N. The Morgan fingerprint density at radius 2 is 1.63 bits per heavy atom. The molecule has 0 spiro atoms. The third kappa shape index (κ3) is 3.20. The van der Waals surface area contributed by atoms with Gasteiger partial charge < -0.3 is 5.32 Å². The van der Waals surface area contributed by atoms with Crippen LogP contribution in [0.4, 0.5) is 18.9 Å². The van der Waals surface area contributed by atoms with Gasteiger partial charge in [-0.05, 0) is 30.7 Å². The van der Waals surface area contributed by atoms with Crippen LogP contribution in [0, 0.1) is 17.5 Å². The molecule has 2 rings (SSSR count). The van der Waals surface area contributed by atoms with Crippen molar-refractivity contribution in [1.82, 2.24) is 0 Å². The van der Waals surface area contributed by atoms with Crippen molar-refractivity contribution < 1.29 is 13.2 Å². The summed E-state index contributed by atoms with van der Waals surface area (Å²) in [6.45, 7) is 1.77. The zero-order valence-electron chi connectivity index (χ0n) is 10.1. The van der Waals surface area contributed by atoms with Gasteiger partial charge in [0.15, 0.2) is 5.82 Å². The molecule has 1 nitrogen and oxygen atoms in total. The van der Waals surface area contributed by atoms with Crippen molar-refractivity contribution >= 4 is 17.3 Å². The molecule has 0 radical (unpaired) electrons. The lowest BCUT2D eigenvalue weighted by molar-refractivity contribution is 0.584. The van der Waals surface area contributed by atoms with Gasteiger partial charge in [0.05, 0.1) is 10.7 Å². The van der Waals surface area contributed by atoms with E-state index in [2.05, 4.69) is 5.32 Å². The molecule has 1 atom stereocenters. The Balaban J connectivity index is 2.24. The summed E-state index contributed by atoms with van der Waals surface area (Å²) in [4.78, 5) is 0. The van der Waals surface area contributed by atoms with Crippen LogP contribution in [-0.2, 0) is 0 Å². The van der Waals surface area contributed by atoms with E-state index in [-0.39, 0.29) is 22.6 Å². The van der Waals surface area contributed by atoms with Crippen molar-refractivity contribution in [2.24, 2.45) is 0 Å². The second kappa shape index (κ2) is 5.53. The van der Waals surface area contributed by atoms with Gasteiger partial charge in [-0.2, -0.15) is 0 Å². The summed E-state index contributed by atoms with van der Waals surface area (Å²) in [7, 11) is 0. The van der Waals surface area contributed by atoms with Crippen molar-refractivity contribution in [3.63, 3.8) is 0 Å². The lowest BCUT2D eigenvalue weighted by atomic mass is 10.1. The molecule has 0 saturated heterocycles. The zero-order valence-corrected chi connectivity index (χ0v) is 10.8. The molecular weight excluding hydrogens is 275 g/mol. The molecule has 0 aliphatic rings. The van der Waals surface area contributed by atoms with E-state index >= 15 is 0 Å². The number of rotatable bonds is 3. The Kier molecular flexibility index (Phi) is 4.00. The Bertz CT molecular complexity index is 561. The topological polar surface area (TPSA) is 12.0 Å². The summed E-state index contributed by atoms with van der Waals surface area (Å²) in [5, 5.41) is 2.81. The van der Waals surface area contributed by atoms with E-state index in [0.29, 0.717) is 0 Å². The van der Waals surface area contributed by atoms with Crippen molar-refractivity contribution in [3.05, 3.63) is 64.4 Å². The maximum Gasteiger partial charge on any atom is 0.150 e. The van der Waals surface area contributed by atoms with Crippen LogP contribution in [-0.4, -0.2) is 0 Å². The molecule has 0 aliphatic heterocycles. The molecule has 2 aromatic carbocycles. The smallest absolute Gasteiger partial charge is 0.150 e. The number of benzene rings is 2. The van der Waals surface area contributed by atoms with Crippen molar-refractivity contribution in [1.29, 1.82) is 0 Å². The largest absolute Gasteiger partial charge is 0.375 e. The van der Waals surface area contributed by atoms with Gasteiger partial charge in [-0.15, -0.1) is 0 Å². The molecule has 1 N–H and O–H groups in total. The lowest BCUT2D eigenvalue weighted by Gasteiger charge is -2.17. The fourth-order valence-electron chi connectivity index (χ4n) is 1.73. The molecule has 0 fully saturated rings. The predicted molar refractivity (Wildman–Crippen MR) is 69.8 cm³/mol. The highest BCUT2D eigenvalue weighted by Gasteiger charge is 2.13. The van der Waals surface area contributed by atoms with Crippen LogP contribution in [0.3, 0.4) is 0 Å². The molecule has 5 heteroatoms. The summed E-state index contributed by atoms with van der Waals surface area (Å²) < 4.78 is 39.3. The highest BCUT2D eigenvalue weighted by molar-refractivity contribution is 6.33. The minimum Gasteiger partial charge on any atom is -0.375 e. The van der Waals surface area contributed by atoms with E-state index in [4.69, 9.17) is 11.6 Å². The lowest BCUT2D eigenvalue weighted by Crippen LogP contribution is -2.08. The second-order valence-corrected chi connectivity index (χ2v) is 4.57. The fraction of sp³-hybridized carbons (Fsp3) is 0.143. The predicted octanol–water partition coefficient (Wildman–Crippen LogP) is 4.93. The Hall–Kier alpha value is -1.68. The van der Waals surface area contributed by atoms with Crippen molar-refractivity contribution in [2.75, 3.05) is 5.32 Å². The van der Waals surface area contributed by atoms with E-state index in [1.54, 1.807) is 19.1 Å². The summed E-state index contributed by atoms with van der Waals surface area (Å²) >= 11 is 5.79. The normalized spacial score (nSPS) is 12.3. The summed E-state index contributed by atoms with van der Waals surface area (Å²) in [6, 6.07) is 7.30. The first-order valence-corrected chi connectivity index (χ1v) is 6.01. The summed E-state index contributed by atoms with van der Waals surface area (Å²) in [5.41, 5.74) is 0.793. The SMILES string of the molecule is CC(Nc1c(F)cc(F)cc1Cl)c1ccc(F)cc1. The number of hydrogen-bond donors (Lipinski definition) is 1. The third-order valence-electron chi connectivity index (χ3n) is 2.74. The monoisotopic (exact) mass is 285 g/mol. The molecule has 0 bridgehead atoms. The van der Waals surface area contributed by atoms with Gasteiger partial charge in [0.1, 0.15) is 11.6 Å². The molecule has 0 aromatic heterocycles. The molecule has 0 saturated carbocycles. The van der Waals surface area contributed by atoms with Crippen molar-refractivity contribution in [3.8, 4) is 0 Å². The Labute approximate surface area is 114 Å². The maximum absolute atomic E-state index is 13.6. The molecule has 0 aliphatic carbocycles. The third-order valence-corrected chi connectivity index (χ3v) is 3.04. The van der Waals surface area contributed by atoms with E-state index in [1.807, 2.05) is 0 Å². The first-order valence-electron chi connectivity index (χ1n) is 5.64. The molecule has 1 unspecified atom stereocenters. The molecule has 0 heterocycles. The molecule has 19 heavy (non-hydrogen) atoms. The Morgan fingerprint density at radius 3 is 2.21 bits per heavy atom. The average molecular weight is 286 g/mol. The maximum atomic E-state index is 13.6. The summed E-state index contributed by atoms with van der Waals surface area (Å²) in [6.07, 6.45) is 0. The first-order chi connectivity index (χ1) is 8.97. The van der Waals surface area contributed by atoms with Gasteiger partial charge in [-0.25, -0.2) is 13.2 Å². The van der Waals surface area contributed by atoms with Crippen molar-refractivity contribution in [2.45, 2.75) is 13.0 Å². The molecule has 2 aromatic rings. The van der Waals surface area contributed by atoms with Crippen LogP contribution >= 0.6 is 11.6 Å². The Morgan fingerprint density at radius 1 is 1.00 bits per heavy atom.